The molecule has 0 spiro atoms. The van der Waals surface area contributed by atoms with Crippen LogP contribution in [-0.4, -0.2) is 0 Å². The van der Waals surface area contributed by atoms with Crippen molar-refractivity contribution in [1.29, 1.82) is 0 Å². The molecule has 0 aliphatic heterocycles. The maximum Gasteiger partial charge on any atom is 0.247 e. The van der Waals surface area contributed by atoms with Crippen molar-refractivity contribution >= 4 is 23.6 Å². The molecule has 1 aromatic carbocycles. The Kier molecular flexibility index (Phi) is 2.29. The van der Waals surface area contributed by atoms with Gasteiger partial charge in [-0.2, -0.15) is 0 Å². The molecule has 0 saturated heterocycles. The average Bonchev–Trinajstić information content (AvgIpc) is 2.53. The van der Waals surface area contributed by atoms with Gasteiger partial charge in [-0.15, -0.1) is 0 Å². The maximum absolute atomic E-state index is 5.34. The van der Waals surface area contributed by atoms with Crippen LogP contribution in [0.4, 0.5) is 0 Å². The predicted molar refractivity (Wildman–Crippen MR) is 57.6 cm³/mol. The van der Waals surface area contributed by atoms with E-state index in [1.165, 1.54) is 16.9 Å². The fourth-order valence-electron chi connectivity index (χ4n) is 1.08. The van der Waals surface area contributed by atoms with Gasteiger partial charge in [0.1, 0.15) is 5.76 Å². The Morgan fingerprint density at radius 2 is 1.92 bits per heavy atom. The normalized spacial score (nSPS) is 10.2. The molecule has 0 aliphatic rings. The third kappa shape index (κ3) is 1.87. The highest BCUT2D eigenvalue weighted by Gasteiger charge is 2.00. The van der Waals surface area contributed by atoms with E-state index in [-0.39, 0.29) is 0 Å². The molecular formula is C10H8OS2. The first-order chi connectivity index (χ1) is 6.25. The molecule has 0 unspecified atom stereocenters. The molecule has 0 bridgehead atoms. The summed E-state index contributed by atoms with van der Waals surface area (Å²) in [7, 11) is 0. The molecule has 1 aromatic heterocycles. The highest BCUT2D eigenvalue weighted by molar-refractivity contribution is 7.73. The summed E-state index contributed by atoms with van der Waals surface area (Å²) in [4.78, 5) is 0. The lowest BCUT2D eigenvalue weighted by Crippen LogP contribution is -1.73. The molecule has 0 atom stereocenters. The molecule has 0 fully saturated rings. The monoisotopic (exact) mass is 208 g/mol. The predicted octanol–water partition coefficient (Wildman–Crippen LogP) is 4.05. The van der Waals surface area contributed by atoms with Gasteiger partial charge in [-0.3, -0.25) is 0 Å². The second kappa shape index (κ2) is 3.44. The molecule has 0 N–H and O–H groups in total. The van der Waals surface area contributed by atoms with E-state index in [9.17, 15) is 0 Å². The summed E-state index contributed by atoms with van der Waals surface area (Å²) in [6.45, 7) is 2.06. The van der Waals surface area contributed by atoms with Gasteiger partial charge in [0.05, 0.1) is 0 Å². The van der Waals surface area contributed by atoms with Gasteiger partial charge in [-0.05, 0) is 19.1 Å². The Bertz CT molecular complexity index is 450. The Morgan fingerprint density at radius 3 is 2.46 bits per heavy atom. The summed E-state index contributed by atoms with van der Waals surface area (Å²) in [6, 6.07) is 8.20. The van der Waals surface area contributed by atoms with Crippen LogP contribution in [0.2, 0.25) is 0 Å². The van der Waals surface area contributed by atoms with Gasteiger partial charge in [0, 0.05) is 10.9 Å². The zero-order valence-corrected chi connectivity index (χ0v) is 8.74. The number of hydrogen-bond donors (Lipinski definition) is 0. The van der Waals surface area contributed by atoms with E-state index in [4.69, 9.17) is 16.6 Å². The first-order valence-corrected chi connectivity index (χ1v) is 5.20. The molecular weight excluding hydrogens is 200 g/mol. The average molecular weight is 208 g/mol. The van der Waals surface area contributed by atoms with E-state index < -0.39 is 0 Å². The standard InChI is InChI=1S/C10H8OS2/c1-7-2-4-8(5-3-7)9-6-13-10(12)11-9/h2-6H,1H3. The molecule has 1 nitrogen and oxygen atoms in total. The highest BCUT2D eigenvalue weighted by Crippen LogP contribution is 2.23. The second-order valence-electron chi connectivity index (χ2n) is 2.82. The zero-order chi connectivity index (χ0) is 9.26. The lowest BCUT2D eigenvalue weighted by Gasteiger charge is -1.95. The quantitative estimate of drug-likeness (QED) is 0.656. The van der Waals surface area contributed by atoms with Crippen molar-refractivity contribution in [2.75, 3.05) is 0 Å². The smallest absolute Gasteiger partial charge is 0.247 e. The minimum Gasteiger partial charge on any atom is -0.435 e. The Hall–Kier alpha value is -0.930. The lowest BCUT2D eigenvalue weighted by atomic mass is 10.1. The molecule has 66 valence electrons. The summed E-state index contributed by atoms with van der Waals surface area (Å²) in [5.41, 5.74) is 2.33. The molecule has 3 heteroatoms. The van der Waals surface area contributed by atoms with Gasteiger partial charge in [0.15, 0.2) is 0 Å². The fraction of sp³-hybridized carbons (Fsp3) is 0.100. The van der Waals surface area contributed by atoms with Crippen molar-refractivity contribution in [3.05, 3.63) is 39.2 Å². The van der Waals surface area contributed by atoms with Gasteiger partial charge in [0.2, 0.25) is 4.02 Å². The minimum absolute atomic E-state index is 0.579. The van der Waals surface area contributed by atoms with E-state index in [0.717, 1.165) is 11.3 Å². The number of aryl methyl sites for hydroxylation is 1. The summed E-state index contributed by atoms with van der Waals surface area (Å²) in [5, 5.41) is 1.94. The largest absolute Gasteiger partial charge is 0.435 e. The molecule has 1 heterocycles. The topological polar surface area (TPSA) is 13.1 Å². The van der Waals surface area contributed by atoms with E-state index in [0.29, 0.717) is 4.02 Å². The van der Waals surface area contributed by atoms with Crippen LogP contribution in [0, 0.1) is 10.9 Å². The molecule has 2 aromatic rings. The molecule has 0 amide bonds. The van der Waals surface area contributed by atoms with Crippen LogP contribution < -0.4 is 0 Å². The Morgan fingerprint density at radius 1 is 1.23 bits per heavy atom. The van der Waals surface area contributed by atoms with Gasteiger partial charge >= 0.3 is 0 Å². The summed E-state index contributed by atoms with van der Waals surface area (Å²) in [6.07, 6.45) is 0. The second-order valence-corrected chi connectivity index (χ2v) is 4.29. The third-order valence-electron chi connectivity index (χ3n) is 1.79. The Labute approximate surface area is 85.7 Å². The SMILES string of the molecule is Cc1ccc(-c2csc(=S)o2)cc1. The first kappa shape index (κ1) is 8.66. The molecule has 2 rings (SSSR count). The van der Waals surface area contributed by atoms with Gasteiger partial charge < -0.3 is 4.42 Å². The van der Waals surface area contributed by atoms with Crippen molar-refractivity contribution in [3.8, 4) is 11.3 Å². The van der Waals surface area contributed by atoms with Crippen LogP contribution >= 0.6 is 23.6 Å². The molecule has 13 heavy (non-hydrogen) atoms. The van der Waals surface area contributed by atoms with E-state index in [1.54, 1.807) is 0 Å². The van der Waals surface area contributed by atoms with Crippen molar-refractivity contribution in [2.24, 2.45) is 0 Å². The fourth-order valence-corrected chi connectivity index (χ4v) is 1.84. The van der Waals surface area contributed by atoms with Crippen LogP contribution in [0.5, 0.6) is 0 Å². The zero-order valence-electron chi connectivity index (χ0n) is 7.11. The van der Waals surface area contributed by atoms with Crippen LogP contribution in [-0.2, 0) is 0 Å². The lowest BCUT2D eigenvalue weighted by molar-refractivity contribution is 0.574. The molecule has 0 radical (unpaired) electrons. The van der Waals surface area contributed by atoms with Crippen LogP contribution in [0.1, 0.15) is 5.56 Å². The Balaban J connectivity index is 2.47. The number of benzene rings is 1. The van der Waals surface area contributed by atoms with Gasteiger partial charge in [-0.1, -0.05) is 41.2 Å². The van der Waals surface area contributed by atoms with E-state index >= 15 is 0 Å². The van der Waals surface area contributed by atoms with Crippen LogP contribution in [0.15, 0.2) is 34.1 Å². The van der Waals surface area contributed by atoms with Crippen LogP contribution in [0.3, 0.4) is 0 Å². The van der Waals surface area contributed by atoms with E-state index in [2.05, 4.69) is 19.1 Å². The first-order valence-electron chi connectivity index (χ1n) is 3.91. The highest BCUT2D eigenvalue weighted by atomic mass is 32.1. The maximum atomic E-state index is 5.34. The van der Waals surface area contributed by atoms with E-state index in [1.807, 2.05) is 17.5 Å². The van der Waals surface area contributed by atoms with Crippen molar-refractivity contribution < 1.29 is 4.42 Å². The van der Waals surface area contributed by atoms with Gasteiger partial charge in [-0.25, -0.2) is 0 Å². The third-order valence-corrected chi connectivity index (χ3v) is 2.77. The number of rotatable bonds is 1. The summed E-state index contributed by atoms with van der Waals surface area (Å²) >= 11 is 6.36. The summed E-state index contributed by atoms with van der Waals surface area (Å²) in [5.74, 6) is 0.856. The summed E-state index contributed by atoms with van der Waals surface area (Å²) < 4.78 is 5.92. The molecule has 0 saturated carbocycles. The van der Waals surface area contributed by atoms with Gasteiger partial charge in [0.25, 0.3) is 0 Å². The minimum atomic E-state index is 0.579. The number of hydrogen-bond acceptors (Lipinski definition) is 3. The van der Waals surface area contributed by atoms with Crippen molar-refractivity contribution in [3.63, 3.8) is 0 Å². The van der Waals surface area contributed by atoms with Crippen molar-refractivity contribution in [2.45, 2.75) is 6.92 Å². The van der Waals surface area contributed by atoms with Crippen LogP contribution in [0.25, 0.3) is 11.3 Å². The molecule has 0 aliphatic carbocycles. The van der Waals surface area contributed by atoms with Crippen molar-refractivity contribution in [1.82, 2.24) is 0 Å².